The number of fused-ring (bicyclic) bond motifs is 1. The average Bonchev–Trinajstić information content (AvgIpc) is 3.42. The first-order chi connectivity index (χ1) is 15.6. The molecule has 5 rings (SSSR count). The fourth-order valence-corrected chi connectivity index (χ4v) is 3.61. The van der Waals surface area contributed by atoms with Gasteiger partial charge in [0.2, 0.25) is 5.78 Å². The highest BCUT2D eigenvalue weighted by Gasteiger charge is 2.26. The number of hydrogen-bond donors (Lipinski definition) is 0. The molecule has 0 spiro atoms. The summed E-state index contributed by atoms with van der Waals surface area (Å²) in [5.74, 6) is 0.390. The fraction of sp³-hybridized carbons (Fsp3) is 0.0769. The largest absolute Gasteiger partial charge is 0.485 e. The molecule has 158 valence electrons. The molecule has 2 aromatic heterocycles. The number of nitrogens with zero attached hydrogens (tertiary/aromatic N) is 1. The second kappa shape index (κ2) is 8.15. The van der Waals surface area contributed by atoms with Gasteiger partial charge in [0.15, 0.2) is 17.1 Å². The Bertz CT molecular complexity index is 1420. The number of furan rings is 1. The highest BCUT2D eigenvalue weighted by molar-refractivity contribution is 6.13. The molecule has 0 unspecified atom stereocenters. The molecule has 32 heavy (non-hydrogen) atoms. The topological polar surface area (TPSA) is 65.5 Å². The van der Waals surface area contributed by atoms with Gasteiger partial charge in [-0.1, -0.05) is 59.8 Å². The first-order valence-electron chi connectivity index (χ1n) is 10.1. The van der Waals surface area contributed by atoms with Gasteiger partial charge >= 0.3 is 0 Å². The maximum atomic E-state index is 13.4. The van der Waals surface area contributed by atoms with Crippen molar-refractivity contribution in [1.29, 1.82) is 0 Å². The number of rotatable bonds is 6. The lowest BCUT2D eigenvalue weighted by Crippen LogP contribution is -2.02. The lowest BCUT2D eigenvalue weighted by Gasteiger charge is -2.06. The summed E-state index contributed by atoms with van der Waals surface area (Å²) in [6, 6.07) is 22.6. The van der Waals surface area contributed by atoms with Crippen molar-refractivity contribution in [2.24, 2.45) is 0 Å². The third-order valence-corrected chi connectivity index (χ3v) is 5.15. The molecule has 0 aliphatic rings. The third kappa shape index (κ3) is 3.67. The molecule has 0 amide bonds. The molecule has 3 aromatic carbocycles. The molecule has 0 saturated heterocycles. The Kier molecular flexibility index (Phi) is 5.03. The molecule has 0 aliphatic heterocycles. The van der Waals surface area contributed by atoms with Crippen LogP contribution in [0.3, 0.4) is 0 Å². The quantitative estimate of drug-likeness (QED) is 0.296. The summed E-state index contributed by atoms with van der Waals surface area (Å²) in [5, 5.41) is 4.80. The Balaban J connectivity index is 1.48. The number of halogens is 1. The average molecular weight is 427 g/mol. The van der Waals surface area contributed by atoms with Crippen LogP contribution in [-0.2, 0) is 6.61 Å². The molecule has 6 heteroatoms. The van der Waals surface area contributed by atoms with Crippen LogP contribution in [0, 0.1) is 12.7 Å². The molecule has 0 fully saturated rings. The summed E-state index contributed by atoms with van der Waals surface area (Å²) >= 11 is 0. The lowest BCUT2D eigenvalue weighted by molar-refractivity contribution is 0.101. The van der Waals surface area contributed by atoms with E-state index in [0.717, 1.165) is 10.9 Å². The zero-order valence-corrected chi connectivity index (χ0v) is 17.2. The van der Waals surface area contributed by atoms with Crippen molar-refractivity contribution in [2.75, 3.05) is 0 Å². The van der Waals surface area contributed by atoms with Crippen LogP contribution in [0.2, 0.25) is 0 Å². The minimum atomic E-state index is -0.325. The monoisotopic (exact) mass is 427 g/mol. The highest BCUT2D eigenvalue weighted by atomic mass is 19.1. The number of aryl methyl sites for hydroxylation is 1. The first kappa shape index (κ1) is 19.8. The van der Waals surface area contributed by atoms with Crippen molar-refractivity contribution >= 4 is 16.8 Å². The van der Waals surface area contributed by atoms with Crippen molar-refractivity contribution < 1.29 is 22.9 Å². The molecule has 0 bridgehead atoms. The van der Waals surface area contributed by atoms with Crippen LogP contribution in [0.4, 0.5) is 4.39 Å². The Hall–Kier alpha value is -4.19. The van der Waals surface area contributed by atoms with E-state index >= 15 is 0 Å². The van der Waals surface area contributed by atoms with E-state index in [1.807, 2.05) is 42.5 Å². The van der Waals surface area contributed by atoms with E-state index in [9.17, 15) is 9.18 Å². The van der Waals surface area contributed by atoms with Gasteiger partial charge in [0.05, 0.1) is 5.56 Å². The van der Waals surface area contributed by atoms with Gasteiger partial charge in [0, 0.05) is 10.9 Å². The lowest BCUT2D eigenvalue weighted by atomic mass is 10.0. The highest BCUT2D eigenvalue weighted by Crippen LogP contribution is 2.33. The van der Waals surface area contributed by atoms with E-state index in [4.69, 9.17) is 13.7 Å². The molecule has 0 saturated carbocycles. The molecule has 0 aliphatic carbocycles. The van der Waals surface area contributed by atoms with Crippen LogP contribution in [0.1, 0.15) is 27.4 Å². The van der Waals surface area contributed by atoms with Gasteiger partial charge < -0.3 is 13.7 Å². The number of aromatic nitrogens is 1. The van der Waals surface area contributed by atoms with Gasteiger partial charge in [0.25, 0.3) is 0 Å². The van der Waals surface area contributed by atoms with Gasteiger partial charge in [-0.25, -0.2) is 4.39 Å². The minimum absolute atomic E-state index is 0.158. The number of ketones is 1. The van der Waals surface area contributed by atoms with E-state index in [2.05, 4.69) is 5.16 Å². The molecular formula is C26H18FNO4. The van der Waals surface area contributed by atoms with E-state index in [1.54, 1.807) is 31.2 Å². The van der Waals surface area contributed by atoms with Gasteiger partial charge in [0.1, 0.15) is 23.9 Å². The Morgan fingerprint density at radius 1 is 1.00 bits per heavy atom. The number of benzene rings is 3. The molecule has 5 nitrogen and oxygen atoms in total. The van der Waals surface area contributed by atoms with Crippen molar-refractivity contribution in [3.8, 4) is 17.0 Å². The number of carbonyl (C=O) groups excluding carboxylic acids is 1. The molecule has 5 aromatic rings. The first-order valence-corrected chi connectivity index (χ1v) is 10.1. The maximum Gasteiger partial charge on any atom is 0.234 e. The van der Waals surface area contributed by atoms with E-state index in [1.165, 1.54) is 12.1 Å². The smallest absolute Gasteiger partial charge is 0.234 e. The van der Waals surface area contributed by atoms with Crippen LogP contribution in [0.15, 0.2) is 87.8 Å². The van der Waals surface area contributed by atoms with Crippen LogP contribution in [0.25, 0.3) is 22.2 Å². The number of hydrogen-bond acceptors (Lipinski definition) is 5. The van der Waals surface area contributed by atoms with Crippen LogP contribution in [0.5, 0.6) is 5.75 Å². The fourth-order valence-electron chi connectivity index (χ4n) is 3.61. The third-order valence-electron chi connectivity index (χ3n) is 5.15. The summed E-state index contributed by atoms with van der Waals surface area (Å²) in [4.78, 5) is 13.3. The van der Waals surface area contributed by atoms with Gasteiger partial charge in [-0.05, 0) is 36.8 Å². The zero-order chi connectivity index (χ0) is 22.1. The summed E-state index contributed by atoms with van der Waals surface area (Å²) in [6.45, 7) is 1.87. The van der Waals surface area contributed by atoms with E-state index in [0.29, 0.717) is 33.9 Å². The zero-order valence-electron chi connectivity index (χ0n) is 17.2. The Morgan fingerprint density at radius 3 is 2.62 bits per heavy atom. The van der Waals surface area contributed by atoms with Crippen LogP contribution in [-0.4, -0.2) is 10.9 Å². The molecular weight excluding hydrogens is 409 g/mol. The number of para-hydroxylation sites is 1. The number of ether oxygens (including phenoxy) is 1. The van der Waals surface area contributed by atoms with Crippen molar-refractivity contribution in [3.05, 3.63) is 107 Å². The summed E-state index contributed by atoms with van der Waals surface area (Å²) in [7, 11) is 0. The molecule has 0 radical (unpaired) electrons. The van der Waals surface area contributed by atoms with Gasteiger partial charge in [-0.3, -0.25) is 4.79 Å². The van der Waals surface area contributed by atoms with E-state index in [-0.39, 0.29) is 24.0 Å². The molecule has 0 atom stereocenters. The predicted molar refractivity (Wildman–Crippen MR) is 117 cm³/mol. The van der Waals surface area contributed by atoms with Gasteiger partial charge in [-0.15, -0.1) is 0 Å². The standard InChI is InChI=1S/C26H18FNO4/c1-16-23(24(28-32-16)18-8-3-2-4-9-18)25(29)22-14-19-10-6-12-21(26(19)31-22)30-15-17-7-5-11-20(27)13-17/h2-14H,15H2,1H3. The number of carbonyl (C=O) groups is 1. The van der Waals surface area contributed by atoms with Crippen molar-refractivity contribution in [3.63, 3.8) is 0 Å². The Morgan fingerprint density at radius 2 is 1.81 bits per heavy atom. The molecule has 0 N–H and O–H groups in total. The SMILES string of the molecule is Cc1onc(-c2ccccc2)c1C(=O)c1cc2cccc(OCc3cccc(F)c3)c2o1. The second-order valence-electron chi connectivity index (χ2n) is 7.36. The predicted octanol–water partition coefficient (Wildman–Crippen LogP) is 6.35. The van der Waals surface area contributed by atoms with Crippen molar-refractivity contribution in [1.82, 2.24) is 5.16 Å². The van der Waals surface area contributed by atoms with Gasteiger partial charge in [-0.2, -0.15) is 0 Å². The Labute approximate surface area is 183 Å². The van der Waals surface area contributed by atoms with Crippen LogP contribution >= 0.6 is 0 Å². The maximum absolute atomic E-state index is 13.4. The van der Waals surface area contributed by atoms with E-state index < -0.39 is 0 Å². The summed E-state index contributed by atoms with van der Waals surface area (Å²) in [5.41, 5.74) is 2.75. The van der Waals surface area contributed by atoms with Crippen molar-refractivity contribution in [2.45, 2.75) is 13.5 Å². The minimum Gasteiger partial charge on any atom is -0.485 e. The summed E-state index contributed by atoms with van der Waals surface area (Å²) in [6.07, 6.45) is 0. The normalized spacial score (nSPS) is 11.1. The second-order valence-corrected chi connectivity index (χ2v) is 7.36. The van der Waals surface area contributed by atoms with Crippen LogP contribution < -0.4 is 4.74 Å². The molecule has 2 heterocycles. The summed E-state index contributed by atoms with van der Waals surface area (Å²) < 4.78 is 30.5.